The number of rotatable bonds is 8. The van der Waals surface area contributed by atoms with Gasteiger partial charge < -0.3 is 24.2 Å². The zero-order valence-corrected chi connectivity index (χ0v) is 20.9. The van der Waals surface area contributed by atoms with Gasteiger partial charge in [0, 0.05) is 12.1 Å². The van der Waals surface area contributed by atoms with Crippen LogP contribution in [0.15, 0.2) is 72.3 Å². The van der Waals surface area contributed by atoms with E-state index in [9.17, 15) is 14.7 Å². The molecule has 8 heteroatoms. The quantitative estimate of drug-likeness (QED) is 0.250. The largest absolute Gasteiger partial charge is 0.507 e. The molecule has 1 atom stereocenters. The van der Waals surface area contributed by atoms with Crippen molar-refractivity contribution in [3.63, 3.8) is 0 Å². The van der Waals surface area contributed by atoms with E-state index >= 15 is 0 Å². The first kappa shape index (κ1) is 25.1. The Morgan fingerprint density at radius 1 is 0.944 bits per heavy atom. The third-order valence-corrected chi connectivity index (χ3v) is 6.30. The lowest BCUT2D eigenvalue weighted by Gasteiger charge is -2.25. The minimum atomic E-state index is -0.816. The summed E-state index contributed by atoms with van der Waals surface area (Å²) in [7, 11) is 3.01. The Hall–Kier alpha value is -3.97. The Morgan fingerprint density at radius 3 is 2.22 bits per heavy atom. The number of aliphatic hydroxyl groups is 1. The molecule has 1 N–H and O–H groups in total. The second-order valence-electron chi connectivity index (χ2n) is 8.13. The number of Topliss-reactive ketones (excluding diaryl/α,β-unsaturated/α-hetero) is 1. The van der Waals surface area contributed by atoms with Crippen molar-refractivity contribution >= 4 is 29.1 Å². The number of ketones is 1. The molecule has 1 unspecified atom stereocenters. The van der Waals surface area contributed by atoms with E-state index in [-0.39, 0.29) is 17.9 Å². The molecular formula is C28H26ClNO6. The molecule has 3 aromatic rings. The number of likely N-dealkylation sites (tertiary alicyclic amines) is 1. The van der Waals surface area contributed by atoms with Crippen LogP contribution in [0.4, 0.5) is 0 Å². The number of carbonyl (C=O) groups is 2. The molecule has 0 bridgehead atoms. The molecule has 1 aliphatic rings. The van der Waals surface area contributed by atoms with Crippen LogP contribution in [-0.4, -0.2) is 42.5 Å². The highest BCUT2D eigenvalue weighted by Crippen LogP contribution is 2.41. The lowest BCUT2D eigenvalue weighted by molar-refractivity contribution is -0.140. The maximum atomic E-state index is 13.3. The van der Waals surface area contributed by atoms with Crippen molar-refractivity contribution in [2.75, 3.05) is 20.8 Å². The van der Waals surface area contributed by atoms with E-state index in [1.165, 1.54) is 18.1 Å². The molecular weight excluding hydrogens is 482 g/mol. The van der Waals surface area contributed by atoms with E-state index in [1.54, 1.807) is 43.5 Å². The molecule has 1 amide bonds. The van der Waals surface area contributed by atoms with E-state index in [0.717, 1.165) is 5.56 Å². The first-order chi connectivity index (χ1) is 17.4. The molecule has 1 saturated heterocycles. The van der Waals surface area contributed by atoms with E-state index in [2.05, 4.69) is 0 Å². The van der Waals surface area contributed by atoms with E-state index < -0.39 is 17.7 Å². The topological polar surface area (TPSA) is 85.3 Å². The van der Waals surface area contributed by atoms with Gasteiger partial charge in [-0.3, -0.25) is 9.59 Å². The summed E-state index contributed by atoms with van der Waals surface area (Å²) < 4.78 is 16.0. The smallest absolute Gasteiger partial charge is 0.295 e. The van der Waals surface area contributed by atoms with Crippen molar-refractivity contribution in [3.8, 4) is 17.2 Å². The highest BCUT2D eigenvalue weighted by molar-refractivity contribution is 6.46. The van der Waals surface area contributed by atoms with Gasteiger partial charge in [0.2, 0.25) is 0 Å². The summed E-state index contributed by atoms with van der Waals surface area (Å²) in [6, 6.07) is 18.2. The second kappa shape index (κ2) is 10.7. The van der Waals surface area contributed by atoms with Gasteiger partial charge >= 0.3 is 0 Å². The Morgan fingerprint density at radius 2 is 1.61 bits per heavy atom. The van der Waals surface area contributed by atoms with Crippen molar-refractivity contribution in [1.29, 1.82) is 0 Å². The average molecular weight is 508 g/mol. The number of hydrogen-bond donors (Lipinski definition) is 1. The van der Waals surface area contributed by atoms with Crippen LogP contribution in [0.2, 0.25) is 5.02 Å². The third kappa shape index (κ3) is 4.88. The van der Waals surface area contributed by atoms with Crippen LogP contribution >= 0.6 is 11.6 Å². The fraction of sp³-hybridized carbons (Fsp3) is 0.214. The summed E-state index contributed by atoms with van der Waals surface area (Å²) in [5, 5.41) is 11.6. The zero-order valence-electron chi connectivity index (χ0n) is 20.2. The summed E-state index contributed by atoms with van der Waals surface area (Å²) in [5.41, 5.74) is 1.77. The minimum absolute atomic E-state index is 0.0134. The number of nitrogens with zero attached hydrogens (tertiary/aromatic N) is 1. The maximum absolute atomic E-state index is 13.3. The number of halogens is 1. The average Bonchev–Trinajstić information content (AvgIpc) is 3.14. The van der Waals surface area contributed by atoms with Crippen LogP contribution in [-0.2, 0) is 16.1 Å². The predicted octanol–water partition coefficient (Wildman–Crippen LogP) is 5.38. The molecule has 0 spiro atoms. The molecule has 0 radical (unpaired) electrons. The normalized spacial score (nSPS) is 16.8. The third-order valence-electron chi connectivity index (χ3n) is 5.98. The van der Waals surface area contributed by atoms with Gasteiger partial charge in [0.05, 0.1) is 37.5 Å². The molecule has 0 aliphatic carbocycles. The number of hydrogen-bond acceptors (Lipinski definition) is 6. The van der Waals surface area contributed by atoms with Gasteiger partial charge in [0.15, 0.2) is 0 Å². The predicted molar refractivity (Wildman–Crippen MR) is 136 cm³/mol. The molecule has 7 nitrogen and oxygen atoms in total. The summed E-state index contributed by atoms with van der Waals surface area (Å²) in [6.45, 7) is 2.60. The van der Waals surface area contributed by atoms with Crippen molar-refractivity contribution in [1.82, 2.24) is 4.90 Å². The van der Waals surface area contributed by atoms with Crippen molar-refractivity contribution in [2.24, 2.45) is 0 Å². The molecule has 186 valence electrons. The van der Waals surface area contributed by atoms with Gasteiger partial charge in [-0.2, -0.15) is 0 Å². The van der Waals surface area contributed by atoms with Gasteiger partial charge in [-0.05, 0) is 60.5 Å². The molecule has 1 aliphatic heterocycles. The van der Waals surface area contributed by atoms with Crippen LogP contribution in [0, 0.1) is 0 Å². The Bertz CT molecular complexity index is 1300. The van der Waals surface area contributed by atoms with Gasteiger partial charge in [-0.25, -0.2) is 0 Å². The first-order valence-corrected chi connectivity index (χ1v) is 11.7. The molecule has 0 aromatic heterocycles. The van der Waals surface area contributed by atoms with Crippen LogP contribution in [0.5, 0.6) is 17.2 Å². The number of amides is 1. The van der Waals surface area contributed by atoms with Crippen molar-refractivity contribution in [2.45, 2.75) is 19.5 Å². The van der Waals surface area contributed by atoms with Gasteiger partial charge in [0.1, 0.15) is 23.0 Å². The van der Waals surface area contributed by atoms with Gasteiger partial charge in [-0.15, -0.1) is 0 Å². The summed E-state index contributed by atoms with van der Waals surface area (Å²) >= 11 is 6.14. The standard InChI is InChI=1S/C28H26ClNO6/c1-4-36-21-10-5-17(6-11-21)16-30-25(18-7-12-20(34-2)13-8-18)24(27(32)28(30)33)26(31)19-9-14-22(29)23(15-19)35-3/h5-15,25,31H,4,16H2,1-3H3/b26-24-. The molecule has 0 saturated carbocycles. The fourth-order valence-corrected chi connectivity index (χ4v) is 4.39. The molecule has 36 heavy (non-hydrogen) atoms. The number of ether oxygens (including phenoxy) is 3. The highest BCUT2D eigenvalue weighted by Gasteiger charge is 2.46. The molecule has 3 aromatic carbocycles. The fourth-order valence-electron chi connectivity index (χ4n) is 4.19. The van der Waals surface area contributed by atoms with E-state index in [0.29, 0.717) is 40.0 Å². The van der Waals surface area contributed by atoms with Crippen LogP contribution < -0.4 is 14.2 Å². The lowest BCUT2D eigenvalue weighted by atomic mass is 9.95. The zero-order chi connectivity index (χ0) is 25.8. The molecule has 1 fully saturated rings. The van der Waals surface area contributed by atoms with Crippen LogP contribution in [0.3, 0.4) is 0 Å². The number of aliphatic hydroxyl groups excluding tert-OH is 1. The SMILES string of the molecule is CCOc1ccc(CN2C(=O)C(=O)/C(=C(\O)c3ccc(Cl)c(OC)c3)C2c2ccc(OC)cc2)cc1. The summed E-state index contributed by atoms with van der Waals surface area (Å²) in [5.74, 6) is -0.0969. The highest BCUT2D eigenvalue weighted by atomic mass is 35.5. The lowest BCUT2D eigenvalue weighted by Crippen LogP contribution is -2.29. The van der Waals surface area contributed by atoms with Gasteiger partial charge in [0.25, 0.3) is 11.7 Å². The van der Waals surface area contributed by atoms with Crippen molar-refractivity contribution < 1.29 is 28.9 Å². The van der Waals surface area contributed by atoms with Crippen molar-refractivity contribution in [3.05, 3.63) is 94.0 Å². The first-order valence-electron chi connectivity index (χ1n) is 11.4. The Kier molecular flexibility index (Phi) is 7.50. The number of benzene rings is 3. The Labute approximate surface area is 214 Å². The van der Waals surface area contributed by atoms with E-state index in [1.807, 2.05) is 31.2 Å². The van der Waals surface area contributed by atoms with Crippen LogP contribution in [0.1, 0.15) is 29.7 Å². The summed E-state index contributed by atoms with van der Waals surface area (Å²) in [6.07, 6.45) is 0. The second-order valence-corrected chi connectivity index (χ2v) is 8.53. The number of carbonyl (C=O) groups excluding carboxylic acids is 2. The number of methoxy groups -OCH3 is 2. The summed E-state index contributed by atoms with van der Waals surface area (Å²) in [4.78, 5) is 28.0. The van der Waals surface area contributed by atoms with E-state index in [4.69, 9.17) is 25.8 Å². The maximum Gasteiger partial charge on any atom is 0.295 e. The molecule has 1 heterocycles. The monoisotopic (exact) mass is 507 g/mol. The van der Waals surface area contributed by atoms with Crippen LogP contribution in [0.25, 0.3) is 5.76 Å². The molecule has 4 rings (SSSR count). The Balaban J connectivity index is 1.81. The minimum Gasteiger partial charge on any atom is -0.507 e. The van der Waals surface area contributed by atoms with Gasteiger partial charge in [-0.1, -0.05) is 35.9 Å².